The summed E-state index contributed by atoms with van der Waals surface area (Å²) in [7, 11) is -3.83. The summed E-state index contributed by atoms with van der Waals surface area (Å²) >= 11 is 1.11. The average Bonchev–Trinajstić information content (AvgIpc) is 3.02. The molecule has 0 amide bonds. The van der Waals surface area contributed by atoms with E-state index in [0.717, 1.165) is 11.3 Å². The molecule has 0 saturated carbocycles. The molecule has 0 unspecified atom stereocenters. The standard InChI is InChI=1S/C15H17N3O3S2/c1-3-15(19,4-2)13-10-22-14(17-13)18-23(20,21)12-7-5-6-11(8-12)9-16/h5-8,10,19H,3-4H2,1-2H3,(H,17,18). The molecule has 1 heterocycles. The molecule has 0 aliphatic rings. The van der Waals surface area contributed by atoms with Gasteiger partial charge in [0.2, 0.25) is 0 Å². The molecule has 23 heavy (non-hydrogen) atoms. The first-order valence-electron chi connectivity index (χ1n) is 7.06. The van der Waals surface area contributed by atoms with Gasteiger partial charge in [0.1, 0.15) is 5.60 Å². The van der Waals surface area contributed by atoms with Crippen molar-refractivity contribution in [1.29, 1.82) is 5.26 Å². The summed E-state index contributed by atoms with van der Waals surface area (Å²) in [4.78, 5) is 4.19. The molecule has 0 aliphatic heterocycles. The van der Waals surface area contributed by atoms with E-state index in [2.05, 4.69) is 9.71 Å². The average molecular weight is 351 g/mol. The fourth-order valence-electron chi connectivity index (χ4n) is 2.05. The minimum Gasteiger partial charge on any atom is -0.384 e. The van der Waals surface area contributed by atoms with Crippen molar-refractivity contribution in [3.8, 4) is 6.07 Å². The summed E-state index contributed by atoms with van der Waals surface area (Å²) in [5.74, 6) is 0. The predicted octanol–water partition coefficient (Wildman–Crippen LogP) is 2.82. The molecule has 0 aliphatic carbocycles. The van der Waals surface area contributed by atoms with Crippen LogP contribution >= 0.6 is 11.3 Å². The smallest absolute Gasteiger partial charge is 0.263 e. The lowest BCUT2D eigenvalue weighted by atomic mass is 9.94. The topological polar surface area (TPSA) is 103 Å². The molecule has 0 spiro atoms. The van der Waals surface area contributed by atoms with E-state index in [1.54, 1.807) is 5.38 Å². The summed E-state index contributed by atoms with van der Waals surface area (Å²) in [6.45, 7) is 3.69. The zero-order chi connectivity index (χ0) is 17.1. The van der Waals surface area contributed by atoms with E-state index in [4.69, 9.17) is 5.26 Å². The summed E-state index contributed by atoms with van der Waals surface area (Å²) < 4.78 is 27.1. The van der Waals surface area contributed by atoms with Crippen molar-refractivity contribution < 1.29 is 13.5 Å². The molecule has 2 N–H and O–H groups in total. The Kier molecular flexibility index (Phi) is 5.04. The number of rotatable bonds is 6. The van der Waals surface area contributed by atoms with E-state index >= 15 is 0 Å². The highest BCUT2D eigenvalue weighted by atomic mass is 32.2. The molecule has 2 aromatic rings. The van der Waals surface area contributed by atoms with Crippen LogP contribution in [0.5, 0.6) is 0 Å². The van der Waals surface area contributed by atoms with Crippen molar-refractivity contribution in [2.24, 2.45) is 0 Å². The van der Waals surface area contributed by atoms with Gasteiger partial charge in [0.05, 0.1) is 22.2 Å². The molecular formula is C15H17N3O3S2. The second kappa shape index (κ2) is 6.66. The molecule has 0 saturated heterocycles. The van der Waals surface area contributed by atoms with Crippen molar-refractivity contribution in [2.45, 2.75) is 37.2 Å². The molecule has 0 bridgehead atoms. The van der Waals surface area contributed by atoms with E-state index in [1.807, 2.05) is 19.9 Å². The van der Waals surface area contributed by atoms with Crippen LogP contribution in [0.1, 0.15) is 37.9 Å². The number of benzene rings is 1. The highest BCUT2D eigenvalue weighted by Gasteiger charge is 2.28. The van der Waals surface area contributed by atoms with E-state index < -0.39 is 15.6 Å². The molecule has 0 fully saturated rings. The minimum absolute atomic E-state index is 0.00505. The number of nitrogens with zero attached hydrogens (tertiary/aromatic N) is 2. The maximum Gasteiger partial charge on any atom is 0.263 e. The molecular weight excluding hydrogens is 334 g/mol. The zero-order valence-electron chi connectivity index (χ0n) is 12.8. The summed E-state index contributed by atoms with van der Waals surface area (Å²) in [6, 6.07) is 7.65. The number of anilines is 1. The van der Waals surface area contributed by atoms with Gasteiger partial charge in [0, 0.05) is 5.38 Å². The van der Waals surface area contributed by atoms with Crippen LogP contribution in [-0.4, -0.2) is 18.5 Å². The fourth-order valence-corrected chi connectivity index (χ4v) is 4.15. The molecule has 1 aromatic heterocycles. The number of aromatic nitrogens is 1. The second-order valence-electron chi connectivity index (χ2n) is 5.02. The van der Waals surface area contributed by atoms with E-state index in [1.165, 1.54) is 24.3 Å². The second-order valence-corrected chi connectivity index (χ2v) is 7.56. The molecule has 2 rings (SSSR count). The Bertz CT molecular complexity index is 834. The number of nitriles is 1. The monoisotopic (exact) mass is 351 g/mol. The maximum absolute atomic E-state index is 12.4. The third-order valence-corrected chi connectivity index (χ3v) is 5.87. The Labute approximate surface area is 139 Å². The van der Waals surface area contributed by atoms with Crippen molar-refractivity contribution in [2.75, 3.05) is 4.72 Å². The number of aliphatic hydroxyl groups is 1. The van der Waals surface area contributed by atoms with Gasteiger partial charge in [-0.1, -0.05) is 19.9 Å². The quantitative estimate of drug-likeness (QED) is 0.833. The van der Waals surface area contributed by atoms with E-state index in [0.29, 0.717) is 18.5 Å². The van der Waals surface area contributed by atoms with Crippen LogP contribution in [0.3, 0.4) is 0 Å². The van der Waals surface area contributed by atoms with Gasteiger partial charge in [-0.3, -0.25) is 4.72 Å². The lowest BCUT2D eigenvalue weighted by Gasteiger charge is -2.22. The van der Waals surface area contributed by atoms with Crippen LogP contribution in [0, 0.1) is 11.3 Å². The normalized spacial score (nSPS) is 11.9. The van der Waals surface area contributed by atoms with Gasteiger partial charge in [0.15, 0.2) is 5.13 Å². The summed E-state index contributed by atoms with van der Waals surface area (Å²) in [5.41, 5.74) is -0.337. The highest BCUT2D eigenvalue weighted by Crippen LogP contribution is 2.31. The third kappa shape index (κ3) is 3.69. The number of nitrogens with one attached hydrogen (secondary N) is 1. The van der Waals surface area contributed by atoms with Crippen molar-refractivity contribution in [1.82, 2.24) is 4.98 Å². The SMILES string of the molecule is CCC(O)(CC)c1csc(NS(=O)(=O)c2cccc(C#N)c2)n1. The van der Waals surface area contributed by atoms with Crippen LogP contribution in [-0.2, 0) is 15.6 Å². The molecule has 122 valence electrons. The predicted molar refractivity (Wildman–Crippen MR) is 88.6 cm³/mol. The number of thiazole rings is 1. The highest BCUT2D eigenvalue weighted by molar-refractivity contribution is 7.93. The van der Waals surface area contributed by atoms with Crippen LogP contribution in [0.25, 0.3) is 0 Å². The first-order valence-corrected chi connectivity index (χ1v) is 9.42. The molecule has 0 atom stereocenters. The fraction of sp³-hybridized carbons (Fsp3) is 0.333. The Morgan fingerprint density at radius 3 is 2.70 bits per heavy atom. The van der Waals surface area contributed by atoms with Gasteiger partial charge in [-0.15, -0.1) is 11.3 Å². The van der Waals surface area contributed by atoms with Crippen LogP contribution in [0.15, 0.2) is 34.5 Å². The largest absolute Gasteiger partial charge is 0.384 e. The maximum atomic E-state index is 12.4. The Morgan fingerprint density at radius 2 is 2.09 bits per heavy atom. The summed E-state index contributed by atoms with van der Waals surface area (Å²) in [5, 5.41) is 21.1. The Hall–Kier alpha value is -1.95. The lowest BCUT2D eigenvalue weighted by Crippen LogP contribution is -2.24. The van der Waals surface area contributed by atoms with Crippen LogP contribution in [0.4, 0.5) is 5.13 Å². The van der Waals surface area contributed by atoms with Gasteiger partial charge < -0.3 is 5.11 Å². The minimum atomic E-state index is -3.83. The molecule has 0 radical (unpaired) electrons. The van der Waals surface area contributed by atoms with Crippen molar-refractivity contribution in [3.63, 3.8) is 0 Å². The first-order chi connectivity index (χ1) is 10.8. The molecule has 8 heteroatoms. The summed E-state index contributed by atoms with van der Waals surface area (Å²) in [6.07, 6.45) is 0.979. The Morgan fingerprint density at radius 1 is 1.39 bits per heavy atom. The van der Waals surface area contributed by atoms with E-state index in [9.17, 15) is 13.5 Å². The van der Waals surface area contributed by atoms with Crippen molar-refractivity contribution in [3.05, 3.63) is 40.9 Å². The number of sulfonamides is 1. The van der Waals surface area contributed by atoms with Crippen molar-refractivity contribution >= 4 is 26.5 Å². The van der Waals surface area contributed by atoms with Crippen LogP contribution in [0.2, 0.25) is 0 Å². The molecule has 6 nitrogen and oxygen atoms in total. The van der Waals surface area contributed by atoms with Gasteiger partial charge in [-0.2, -0.15) is 5.26 Å². The third-order valence-electron chi connectivity index (χ3n) is 3.65. The zero-order valence-corrected chi connectivity index (χ0v) is 14.4. The van der Waals surface area contributed by atoms with Gasteiger partial charge in [-0.05, 0) is 31.0 Å². The van der Waals surface area contributed by atoms with Gasteiger partial charge in [0.25, 0.3) is 10.0 Å². The van der Waals surface area contributed by atoms with Gasteiger partial charge >= 0.3 is 0 Å². The number of hydrogen-bond acceptors (Lipinski definition) is 6. The van der Waals surface area contributed by atoms with E-state index in [-0.39, 0.29) is 15.6 Å². The Balaban J connectivity index is 2.28. The van der Waals surface area contributed by atoms with Gasteiger partial charge in [-0.25, -0.2) is 13.4 Å². The first kappa shape index (κ1) is 17.4. The number of hydrogen-bond donors (Lipinski definition) is 2. The molecule has 1 aromatic carbocycles. The lowest BCUT2D eigenvalue weighted by molar-refractivity contribution is 0.0247. The van der Waals surface area contributed by atoms with Crippen LogP contribution < -0.4 is 4.72 Å².